The van der Waals surface area contributed by atoms with Crippen molar-refractivity contribution in [3.63, 3.8) is 0 Å². The van der Waals surface area contributed by atoms with Crippen LogP contribution < -0.4 is 4.74 Å². The molecule has 0 spiro atoms. The molecule has 0 bridgehead atoms. The molecule has 0 aliphatic heterocycles. The average Bonchev–Trinajstić information content (AvgIpc) is 2.89. The van der Waals surface area contributed by atoms with E-state index in [1.165, 1.54) is 0 Å². The zero-order chi connectivity index (χ0) is 14.2. The van der Waals surface area contributed by atoms with Crippen molar-refractivity contribution in [1.29, 1.82) is 5.26 Å². The van der Waals surface area contributed by atoms with Crippen molar-refractivity contribution >= 4 is 0 Å². The van der Waals surface area contributed by atoms with Crippen molar-refractivity contribution in [2.75, 3.05) is 0 Å². The minimum absolute atomic E-state index is 0.242. The Hall–Kier alpha value is -2.35. The lowest BCUT2D eigenvalue weighted by Gasteiger charge is -2.02. The highest BCUT2D eigenvalue weighted by atomic mass is 16.5. The van der Waals surface area contributed by atoms with Gasteiger partial charge in [-0.2, -0.15) is 5.26 Å². The zero-order valence-corrected chi connectivity index (χ0v) is 11.5. The molecule has 0 radical (unpaired) electrons. The van der Waals surface area contributed by atoms with Gasteiger partial charge >= 0.3 is 0 Å². The number of aromatic nitrogens is 2. The first-order valence-electron chi connectivity index (χ1n) is 6.54. The molecule has 5 nitrogen and oxygen atoms in total. The number of hydrogen-bond acceptors (Lipinski definition) is 5. The van der Waals surface area contributed by atoms with Crippen LogP contribution in [-0.4, -0.2) is 10.2 Å². The summed E-state index contributed by atoms with van der Waals surface area (Å²) in [6, 6.07) is 8.98. The van der Waals surface area contributed by atoms with Gasteiger partial charge in [0.05, 0.1) is 11.6 Å². The van der Waals surface area contributed by atoms with Crippen molar-refractivity contribution in [3.8, 4) is 11.8 Å². The third-order valence-electron chi connectivity index (χ3n) is 3.64. The van der Waals surface area contributed by atoms with E-state index in [0.29, 0.717) is 29.0 Å². The maximum Gasteiger partial charge on any atom is 0.253 e. The monoisotopic (exact) mass is 269 g/mol. The summed E-state index contributed by atoms with van der Waals surface area (Å²) in [5.41, 5.74) is 0.881. The SMILES string of the molecule is CC1(C)C[C@@H]1c1nnc(COc2ccc(C#N)cc2)o1. The number of ether oxygens (including phenoxy) is 1. The largest absolute Gasteiger partial charge is 0.484 e. The van der Waals surface area contributed by atoms with Crippen LogP contribution in [0.5, 0.6) is 5.75 Å². The molecule has 1 aliphatic rings. The normalized spacial score (nSPS) is 19.4. The molecule has 0 saturated heterocycles. The summed E-state index contributed by atoms with van der Waals surface area (Å²) < 4.78 is 11.2. The molecule has 1 aliphatic carbocycles. The molecule has 2 aromatic rings. The third-order valence-corrected chi connectivity index (χ3v) is 3.64. The van der Waals surface area contributed by atoms with Crippen LogP contribution >= 0.6 is 0 Å². The van der Waals surface area contributed by atoms with E-state index in [1.807, 2.05) is 0 Å². The highest BCUT2D eigenvalue weighted by Crippen LogP contribution is 2.58. The fourth-order valence-electron chi connectivity index (χ4n) is 2.13. The Bertz CT molecular complexity index is 653. The van der Waals surface area contributed by atoms with Crippen molar-refractivity contribution in [1.82, 2.24) is 10.2 Å². The summed E-state index contributed by atoms with van der Waals surface area (Å²) in [5.74, 6) is 2.23. The number of nitriles is 1. The van der Waals surface area contributed by atoms with Crippen LogP contribution in [0.4, 0.5) is 0 Å². The van der Waals surface area contributed by atoms with E-state index in [9.17, 15) is 0 Å². The molecule has 3 rings (SSSR count). The molecule has 5 heteroatoms. The third kappa shape index (κ3) is 2.50. The van der Waals surface area contributed by atoms with Gasteiger partial charge < -0.3 is 9.15 Å². The number of rotatable bonds is 4. The van der Waals surface area contributed by atoms with E-state index >= 15 is 0 Å². The highest BCUT2D eigenvalue weighted by molar-refractivity contribution is 5.34. The summed E-state index contributed by atoms with van der Waals surface area (Å²) in [6.45, 7) is 4.62. The van der Waals surface area contributed by atoms with Crippen molar-refractivity contribution in [3.05, 3.63) is 41.6 Å². The second kappa shape index (κ2) is 4.64. The molecular formula is C15H15N3O2. The van der Waals surface area contributed by atoms with Crippen LogP contribution in [0.25, 0.3) is 0 Å². The lowest BCUT2D eigenvalue weighted by Crippen LogP contribution is -1.95. The topological polar surface area (TPSA) is 71.9 Å². The first kappa shape index (κ1) is 12.7. The Morgan fingerprint density at radius 3 is 2.65 bits per heavy atom. The molecule has 1 atom stereocenters. The average molecular weight is 269 g/mol. The first-order valence-corrected chi connectivity index (χ1v) is 6.54. The Morgan fingerprint density at radius 1 is 1.35 bits per heavy atom. The minimum Gasteiger partial charge on any atom is -0.484 e. The second-order valence-electron chi connectivity index (χ2n) is 5.70. The molecule has 0 amide bonds. The molecule has 1 aromatic carbocycles. The molecule has 102 valence electrons. The standard InChI is InChI=1S/C15H15N3O2/c1-15(2)7-12(15)14-18-17-13(20-14)9-19-11-5-3-10(8-16)4-6-11/h3-6,12H,7,9H2,1-2H3/t12-/m1/s1. The minimum atomic E-state index is 0.242. The summed E-state index contributed by atoms with van der Waals surface area (Å²) in [6.07, 6.45) is 1.09. The molecule has 1 saturated carbocycles. The van der Waals surface area contributed by atoms with Gasteiger partial charge in [0.1, 0.15) is 5.75 Å². The van der Waals surface area contributed by atoms with E-state index in [-0.39, 0.29) is 12.0 Å². The molecular weight excluding hydrogens is 254 g/mol. The fourth-order valence-corrected chi connectivity index (χ4v) is 2.13. The Kier molecular flexibility index (Phi) is 2.94. The summed E-state index contributed by atoms with van der Waals surface area (Å²) in [5, 5.41) is 16.8. The van der Waals surface area contributed by atoms with Gasteiger partial charge in [0.25, 0.3) is 5.89 Å². The van der Waals surface area contributed by atoms with Gasteiger partial charge in [-0.3, -0.25) is 0 Å². The predicted octanol–water partition coefficient (Wildman–Crippen LogP) is 3.03. The van der Waals surface area contributed by atoms with E-state index < -0.39 is 0 Å². The van der Waals surface area contributed by atoms with Crippen LogP contribution in [0.1, 0.15) is 43.5 Å². The second-order valence-corrected chi connectivity index (χ2v) is 5.70. The van der Waals surface area contributed by atoms with Crippen molar-refractivity contribution in [2.45, 2.75) is 32.8 Å². The van der Waals surface area contributed by atoms with Crippen LogP contribution in [-0.2, 0) is 6.61 Å². The summed E-state index contributed by atoms with van der Waals surface area (Å²) in [7, 11) is 0. The Balaban J connectivity index is 1.60. The van der Waals surface area contributed by atoms with Gasteiger partial charge in [0.15, 0.2) is 6.61 Å². The number of hydrogen-bond donors (Lipinski definition) is 0. The number of nitrogens with zero attached hydrogens (tertiary/aromatic N) is 3. The summed E-state index contributed by atoms with van der Waals surface area (Å²) >= 11 is 0. The smallest absolute Gasteiger partial charge is 0.253 e. The van der Waals surface area contributed by atoms with Gasteiger partial charge in [0, 0.05) is 5.92 Å². The predicted molar refractivity (Wildman–Crippen MR) is 70.9 cm³/mol. The van der Waals surface area contributed by atoms with Crippen LogP contribution in [0.2, 0.25) is 0 Å². The van der Waals surface area contributed by atoms with Crippen molar-refractivity contribution < 1.29 is 9.15 Å². The molecule has 1 fully saturated rings. The quantitative estimate of drug-likeness (QED) is 0.853. The first-order chi connectivity index (χ1) is 9.58. The van der Waals surface area contributed by atoms with Crippen LogP contribution in [0.3, 0.4) is 0 Å². The van der Waals surface area contributed by atoms with Gasteiger partial charge in [0.2, 0.25) is 5.89 Å². The van der Waals surface area contributed by atoms with E-state index in [2.05, 4.69) is 30.1 Å². The lowest BCUT2D eigenvalue weighted by atomic mass is 10.1. The van der Waals surface area contributed by atoms with Crippen LogP contribution in [0, 0.1) is 16.7 Å². The number of benzene rings is 1. The van der Waals surface area contributed by atoms with E-state index in [4.69, 9.17) is 14.4 Å². The van der Waals surface area contributed by atoms with Gasteiger partial charge in [-0.05, 0) is 36.1 Å². The Morgan fingerprint density at radius 2 is 2.05 bits per heavy atom. The van der Waals surface area contributed by atoms with E-state index in [0.717, 1.165) is 6.42 Å². The molecule has 1 heterocycles. The maximum atomic E-state index is 8.72. The van der Waals surface area contributed by atoms with Crippen molar-refractivity contribution in [2.24, 2.45) is 5.41 Å². The molecule has 1 aromatic heterocycles. The molecule has 20 heavy (non-hydrogen) atoms. The van der Waals surface area contributed by atoms with Gasteiger partial charge in [-0.1, -0.05) is 13.8 Å². The summed E-state index contributed by atoms with van der Waals surface area (Å²) in [4.78, 5) is 0. The lowest BCUT2D eigenvalue weighted by molar-refractivity contribution is 0.258. The molecule has 0 N–H and O–H groups in total. The van der Waals surface area contributed by atoms with Gasteiger partial charge in [-0.15, -0.1) is 10.2 Å². The zero-order valence-electron chi connectivity index (χ0n) is 11.5. The highest BCUT2D eigenvalue weighted by Gasteiger charge is 2.50. The van der Waals surface area contributed by atoms with Gasteiger partial charge in [-0.25, -0.2) is 0 Å². The maximum absolute atomic E-state index is 8.72. The van der Waals surface area contributed by atoms with Crippen LogP contribution in [0.15, 0.2) is 28.7 Å². The van der Waals surface area contributed by atoms with E-state index in [1.54, 1.807) is 24.3 Å². The Labute approximate surface area is 117 Å². The fraction of sp³-hybridized carbons (Fsp3) is 0.400. The molecule has 0 unspecified atom stereocenters.